The van der Waals surface area contributed by atoms with Crippen LogP contribution in [0.25, 0.3) is 0 Å². The number of ether oxygens (including phenoxy) is 1. The highest BCUT2D eigenvalue weighted by Crippen LogP contribution is 2.23. The monoisotopic (exact) mass is 171 g/mol. The van der Waals surface area contributed by atoms with E-state index in [1.165, 1.54) is 25.7 Å². The maximum absolute atomic E-state index is 5.74. The van der Waals surface area contributed by atoms with Crippen molar-refractivity contribution in [3.8, 4) is 0 Å². The minimum absolute atomic E-state index is 0.524. The molecule has 1 heterocycles. The third kappa shape index (κ3) is 2.76. The molecule has 2 atom stereocenters. The van der Waals surface area contributed by atoms with Crippen LogP contribution in [-0.4, -0.2) is 26.3 Å². The van der Waals surface area contributed by atoms with Gasteiger partial charge in [-0.2, -0.15) is 0 Å². The lowest BCUT2D eigenvalue weighted by Gasteiger charge is -2.31. The van der Waals surface area contributed by atoms with Crippen LogP contribution < -0.4 is 5.32 Å². The van der Waals surface area contributed by atoms with Crippen molar-refractivity contribution in [2.45, 2.75) is 38.7 Å². The van der Waals surface area contributed by atoms with Gasteiger partial charge in [0.2, 0.25) is 0 Å². The van der Waals surface area contributed by atoms with Crippen LogP contribution in [0.2, 0.25) is 0 Å². The van der Waals surface area contributed by atoms with E-state index in [9.17, 15) is 0 Å². The van der Waals surface area contributed by atoms with E-state index in [0.717, 1.165) is 19.1 Å². The molecule has 0 aliphatic carbocycles. The van der Waals surface area contributed by atoms with Gasteiger partial charge in [-0.15, -0.1) is 0 Å². The molecule has 1 fully saturated rings. The predicted octanol–water partition coefficient (Wildman–Crippen LogP) is 1.80. The van der Waals surface area contributed by atoms with E-state index >= 15 is 0 Å². The van der Waals surface area contributed by atoms with Crippen LogP contribution in [0.15, 0.2) is 0 Å². The largest absolute Gasteiger partial charge is 0.378 e. The minimum atomic E-state index is 0.524. The van der Waals surface area contributed by atoms with Crippen LogP contribution in [0.5, 0.6) is 0 Å². The summed E-state index contributed by atoms with van der Waals surface area (Å²) in [5, 5.41) is 3.25. The summed E-state index contributed by atoms with van der Waals surface area (Å²) in [6.07, 6.45) is 5.58. The predicted molar refractivity (Wildman–Crippen MR) is 51.3 cm³/mol. The highest BCUT2D eigenvalue weighted by Gasteiger charge is 2.23. The second kappa shape index (κ2) is 5.55. The van der Waals surface area contributed by atoms with Gasteiger partial charge in [-0.25, -0.2) is 0 Å². The first kappa shape index (κ1) is 10.0. The summed E-state index contributed by atoms with van der Waals surface area (Å²) in [5.74, 6) is 0.753. The first-order chi connectivity index (χ1) is 5.88. The van der Waals surface area contributed by atoms with E-state index in [0.29, 0.717) is 6.10 Å². The Bertz CT molecular complexity index is 98.4. The zero-order valence-corrected chi connectivity index (χ0v) is 8.31. The van der Waals surface area contributed by atoms with Gasteiger partial charge in [-0.3, -0.25) is 0 Å². The second-order valence-electron chi connectivity index (χ2n) is 3.66. The molecule has 0 spiro atoms. The third-order valence-corrected chi connectivity index (χ3v) is 2.62. The molecule has 0 bridgehead atoms. The van der Waals surface area contributed by atoms with E-state index in [1.54, 1.807) is 0 Å². The van der Waals surface area contributed by atoms with Crippen LogP contribution in [0.1, 0.15) is 32.6 Å². The van der Waals surface area contributed by atoms with E-state index in [4.69, 9.17) is 4.74 Å². The normalized spacial score (nSPS) is 30.5. The second-order valence-corrected chi connectivity index (χ2v) is 3.66. The van der Waals surface area contributed by atoms with Crippen molar-refractivity contribution >= 4 is 0 Å². The third-order valence-electron chi connectivity index (χ3n) is 2.62. The minimum Gasteiger partial charge on any atom is -0.378 e. The molecule has 2 unspecified atom stereocenters. The first-order valence-electron chi connectivity index (χ1n) is 5.14. The molecule has 72 valence electrons. The summed E-state index contributed by atoms with van der Waals surface area (Å²) >= 11 is 0. The number of hydrogen-bond acceptors (Lipinski definition) is 2. The maximum Gasteiger partial charge on any atom is 0.0615 e. The Labute approximate surface area is 75.7 Å². The van der Waals surface area contributed by atoms with E-state index < -0.39 is 0 Å². The van der Waals surface area contributed by atoms with E-state index in [-0.39, 0.29) is 0 Å². The lowest BCUT2D eigenvalue weighted by molar-refractivity contribution is -0.0299. The Hall–Kier alpha value is -0.0800. The molecule has 0 amide bonds. The first-order valence-corrected chi connectivity index (χ1v) is 5.14. The zero-order valence-electron chi connectivity index (χ0n) is 8.31. The molecule has 1 aliphatic heterocycles. The molecular weight excluding hydrogens is 150 g/mol. The van der Waals surface area contributed by atoms with Crippen molar-refractivity contribution in [2.75, 3.05) is 20.2 Å². The molecule has 2 heteroatoms. The number of nitrogens with one attached hydrogen (secondary N) is 1. The van der Waals surface area contributed by atoms with Gasteiger partial charge in [-0.1, -0.05) is 13.3 Å². The van der Waals surface area contributed by atoms with Gasteiger partial charge in [0.05, 0.1) is 6.10 Å². The molecule has 0 aromatic heterocycles. The van der Waals surface area contributed by atoms with Gasteiger partial charge in [0.1, 0.15) is 0 Å². The van der Waals surface area contributed by atoms with Crippen molar-refractivity contribution < 1.29 is 4.74 Å². The van der Waals surface area contributed by atoms with Gasteiger partial charge in [-0.05, 0) is 32.2 Å². The standard InChI is InChI=1S/C10H21NO/c1-3-5-10-9(8-11-2)6-4-7-12-10/h9-11H,3-8H2,1-2H3. The van der Waals surface area contributed by atoms with Crippen molar-refractivity contribution in [2.24, 2.45) is 5.92 Å². The van der Waals surface area contributed by atoms with Crippen LogP contribution in [0.4, 0.5) is 0 Å². The smallest absolute Gasteiger partial charge is 0.0615 e. The zero-order chi connectivity index (χ0) is 8.81. The maximum atomic E-state index is 5.74. The summed E-state index contributed by atoms with van der Waals surface area (Å²) in [4.78, 5) is 0. The Kier molecular flexibility index (Phi) is 4.62. The molecule has 1 saturated heterocycles. The Balaban J connectivity index is 2.31. The highest BCUT2D eigenvalue weighted by molar-refractivity contribution is 4.75. The van der Waals surface area contributed by atoms with Crippen molar-refractivity contribution in [1.29, 1.82) is 0 Å². The summed E-state index contributed by atoms with van der Waals surface area (Å²) in [6.45, 7) is 4.32. The average molecular weight is 171 g/mol. The van der Waals surface area contributed by atoms with Crippen LogP contribution in [0.3, 0.4) is 0 Å². The van der Waals surface area contributed by atoms with Gasteiger partial charge in [0, 0.05) is 13.2 Å². The fourth-order valence-corrected chi connectivity index (χ4v) is 2.00. The summed E-state index contributed by atoms with van der Waals surface area (Å²) in [7, 11) is 2.03. The van der Waals surface area contributed by atoms with Gasteiger partial charge in [0.15, 0.2) is 0 Å². The lowest BCUT2D eigenvalue weighted by atomic mass is 9.91. The molecule has 1 rings (SSSR count). The molecule has 0 aromatic rings. The summed E-state index contributed by atoms with van der Waals surface area (Å²) in [5.41, 5.74) is 0. The van der Waals surface area contributed by atoms with Gasteiger partial charge < -0.3 is 10.1 Å². The molecule has 12 heavy (non-hydrogen) atoms. The molecule has 1 N–H and O–H groups in total. The Morgan fingerprint density at radius 3 is 3.00 bits per heavy atom. The van der Waals surface area contributed by atoms with Crippen LogP contribution in [-0.2, 0) is 4.74 Å². The van der Waals surface area contributed by atoms with Crippen molar-refractivity contribution in [3.05, 3.63) is 0 Å². The molecule has 2 nitrogen and oxygen atoms in total. The summed E-state index contributed by atoms with van der Waals surface area (Å²) < 4.78 is 5.74. The fourth-order valence-electron chi connectivity index (χ4n) is 2.00. The average Bonchev–Trinajstić information content (AvgIpc) is 2.09. The van der Waals surface area contributed by atoms with Crippen LogP contribution in [0, 0.1) is 5.92 Å². The number of rotatable bonds is 4. The Morgan fingerprint density at radius 2 is 2.33 bits per heavy atom. The SMILES string of the molecule is CCCC1OCCCC1CNC. The van der Waals surface area contributed by atoms with Gasteiger partial charge >= 0.3 is 0 Å². The van der Waals surface area contributed by atoms with E-state index in [1.807, 2.05) is 7.05 Å². The van der Waals surface area contributed by atoms with Crippen molar-refractivity contribution in [3.63, 3.8) is 0 Å². The molecule has 0 saturated carbocycles. The Morgan fingerprint density at radius 1 is 1.50 bits per heavy atom. The highest BCUT2D eigenvalue weighted by atomic mass is 16.5. The fraction of sp³-hybridized carbons (Fsp3) is 1.00. The number of hydrogen-bond donors (Lipinski definition) is 1. The molecule has 0 aromatic carbocycles. The van der Waals surface area contributed by atoms with Crippen LogP contribution >= 0.6 is 0 Å². The lowest BCUT2D eigenvalue weighted by Crippen LogP contribution is -2.35. The van der Waals surface area contributed by atoms with E-state index in [2.05, 4.69) is 12.2 Å². The molecular formula is C10H21NO. The van der Waals surface area contributed by atoms with Crippen molar-refractivity contribution in [1.82, 2.24) is 5.32 Å². The molecule has 1 aliphatic rings. The quantitative estimate of drug-likeness (QED) is 0.696. The molecule has 0 radical (unpaired) electrons. The van der Waals surface area contributed by atoms with Gasteiger partial charge in [0.25, 0.3) is 0 Å². The topological polar surface area (TPSA) is 21.3 Å². The summed E-state index contributed by atoms with van der Waals surface area (Å²) in [6, 6.07) is 0.